The first-order valence-electron chi connectivity index (χ1n) is 8.87. The number of guanidine groups is 1. The number of nitrogens with zero attached hydrogens (tertiary/aromatic N) is 2. The van der Waals surface area contributed by atoms with E-state index in [0.29, 0.717) is 32.2 Å². The summed E-state index contributed by atoms with van der Waals surface area (Å²) >= 11 is 0. The van der Waals surface area contributed by atoms with Crippen LogP contribution in [0.4, 0.5) is 13.6 Å². The molecule has 0 radical (unpaired) electrons. The molecular formula is C18H27F2IN4O2. The Labute approximate surface area is 175 Å². The van der Waals surface area contributed by atoms with Crippen LogP contribution in [0.15, 0.2) is 23.2 Å². The van der Waals surface area contributed by atoms with Crippen LogP contribution in [0.2, 0.25) is 0 Å². The number of ether oxygens (including phenoxy) is 1. The smallest absolute Gasteiger partial charge is 0.409 e. The Balaban J connectivity index is 0.00000364. The zero-order chi connectivity index (χ0) is 18.9. The molecule has 1 aliphatic heterocycles. The molecule has 2 rings (SSSR count). The number of piperidine rings is 1. The molecule has 2 N–H and O–H groups in total. The number of carbonyl (C=O) groups excluding carboxylic acids is 1. The summed E-state index contributed by atoms with van der Waals surface area (Å²) in [6.07, 6.45) is 1.50. The van der Waals surface area contributed by atoms with Crippen molar-refractivity contribution in [2.24, 2.45) is 4.99 Å². The molecule has 0 saturated carbocycles. The van der Waals surface area contributed by atoms with Crippen molar-refractivity contribution in [3.63, 3.8) is 0 Å². The number of aliphatic imine (C=N–C) groups is 1. The fourth-order valence-electron chi connectivity index (χ4n) is 2.89. The molecule has 1 aliphatic rings. The van der Waals surface area contributed by atoms with E-state index >= 15 is 0 Å². The van der Waals surface area contributed by atoms with Crippen LogP contribution in [-0.2, 0) is 11.2 Å². The number of hydrogen-bond acceptors (Lipinski definition) is 3. The minimum absolute atomic E-state index is 0. The largest absolute Gasteiger partial charge is 0.450 e. The van der Waals surface area contributed by atoms with E-state index in [4.69, 9.17) is 4.74 Å². The fraction of sp³-hybridized carbons (Fsp3) is 0.556. The monoisotopic (exact) mass is 496 g/mol. The molecule has 0 spiro atoms. The van der Waals surface area contributed by atoms with Gasteiger partial charge in [-0.1, -0.05) is 6.07 Å². The first-order valence-corrected chi connectivity index (χ1v) is 8.87. The highest BCUT2D eigenvalue weighted by molar-refractivity contribution is 14.0. The maximum absolute atomic E-state index is 13.6. The Morgan fingerprint density at radius 2 is 1.93 bits per heavy atom. The predicted octanol–water partition coefficient (Wildman–Crippen LogP) is 2.91. The van der Waals surface area contributed by atoms with Crippen molar-refractivity contribution in [1.82, 2.24) is 15.5 Å². The lowest BCUT2D eigenvalue weighted by Crippen LogP contribution is -2.50. The lowest BCUT2D eigenvalue weighted by Gasteiger charge is -2.32. The average Bonchev–Trinajstić information content (AvgIpc) is 2.64. The molecular weight excluding hydrogens is 469 g/mol. The molecule has 1 fully saturated rings. The second-order valence-corrected chi connectivity index (χ2v) is 6.05. The molecule has 1 aromatic rings. The molecule has 1 aromatic carbocycles. The van der Waals surface area contributed by atoms with Crippen molar-refractivity contribution < 1.29 is 18.3 Å². The van der Waals surface area contributed by atoms with Gasteiger partial charge in [0.1, 0.15) is 11.6 Å². The standard InChI is InChI=1S/C18H26F2N4O2.HI/c1-3-26-18(25)24-11-8-13(9-12-24)23-17(21-2)22-10-7-14-15(19)5-4-6-16(14)20;/h4-6,13H,3,7-12H2,1-2H3,(H2,21,22,23);1H. The Morgan fingerprint density at radius 1 is 1.30 bits per heavy atom. The predicted molar refractivity (Wildman–Crippen MR) is 112 cm³/mol. The van der Waals surface area contributed by atoms with E-state index in [1.807, 2.05) is 0 Å². The van der Waals surface area contributed by atoms with Gasteiger partial charge >= 0.3 is 6.09 Å². The summed E-state index contributed by atoms with van der Waals surface area (Å²) in [6.45, 7) is 3.76. The molecule has 0 atom stereocenters. The number of hydrogen-bond donors (Lipinski definition) is 2. The lowest BCUT2D eigenvalue weighted by atomic mass is 10.1. The van der Waals surface area contributed by atoms with Crippen LogP contribution >= 0.6 is 24.0 Å². The zero-order valence-electron chi connectivity index (χ0n) is 15.6. The van der Waals surface area contributed by atoms with Crippen molar-refractivity contribution in [2.75, 3.05) is 33.3 Å². The van der Waals surface area contributed by atoms with Crippen LogP contribution < -0.4 is 10.6 Å². The fourth-order valence-corrected chi connectivity index (χ4v) is 2.89. The van der Waals surface area contributed by atoms with Crippen molar-refractivity contribution >= 4 is 36.0 Å². The molecule has 0 aromatic heterocycles. The Bertz CT molecular complexity index is 618. The second kappa shape index (κ2) is 11.9. The first-order chi connectivity index (χ1) is 12.5. The van der Waals surface area contributed by atoms with Crippen LogP contribution in [-0.4, -0.2) is 56.3 Å². The molecule has 152 valence electrons. The molecule has 1 heterocycles. The van der Waals surface area contributed by atoms with Gasteiger partial charge in [-0.3, -0.25) is 4.99 Å². The Kier molecular flexibility index (Phi) is 10.3. The maximum atomic E-state index is 13.6. The van der Waals surface area contributed by atoms with E-state index in [1.54, 1.807) is 18.9 Å². The van der Waals surface area contributed by atoms with E-state index in [0.717, 1.165) is 12.8 Å². The average molecular weight is 496 g/mol. The van der Waals surface area contributed by atoms with Gasteiger partial charge in [0, 0.05) is 38.3 Å². The third-order valence-electron chi connectivity index (χ3n) is 4.31. The molecule has 1 amide bonds. The molecule has 27 heavy (non-hydrogen) atoms. The van der Waals surface area contributed by atoms with E-state index in [2.05, 4.69) is 15.6 Å². The van der Waals surface area contributed by atoms with Gasteiger partial charge in [-0.25, -0.2) is 13.6 Å². The highest BCUT2D eigenvalue weighted by Gasteiger charge is 2.24. The van der Waals surface area contributed by atoms with E-state index < -0.39 is 11.6 Å². The van der Waals surface area contributed by atoms with Crippen LogP contribution in [0.3, 0.4) is 0 Å². The van der Waals surface area contributed by atoms with Crippen molar-refractivity contribution in [3.8, 4) is 0 Å². The Hall–Kier alpha value is -1.65. The quantitative estimate of drug-likeness (QED) is 0.374. The summed E-state index contributed by atoms with van der Waals surface area (Å²) in [5.41, 5.74) is 0.0678. The number of likely N-dealkylation sites (tertiary alicyclic amines) is 1. The highest BCUT2D eigenvalue weighted by atomic mass is 127. The van der Waals surface area contributed by atoms with Gasteiger partial charge in [-0.15, -0.1) is 24.0 Å². The summed E-state index contributed by atoms with van der Waals surface area (Å²) in [7, 11) is 1.65. The number of halogens is 3. The third-order valence-corrected chi connectivity index (χ3v) is 4.31. The van der Waals surface area contributed by atoms with E-state index in [-0.39, 0.29) is 48.1 Å². The summed E-state index contributed by atoms with van der Waals surface area (Å²) in [6, 6.07) is 4.04. The van der Waals surface area contributed by atoms with Gasteiger partial charge in [-0.05, 0) is 38.3 Å². The summed E-state index contributed by atoms with van der Waals surface area (Å²) in [5.74, 6) is -0.501. The number of amides is 1. The SMILES string of the molecule is CCOC(=O)N1CCC(NC(=NC)NCCc2c(F)cccc2F)CC1.I. The molecule has 6 nitrogen and oxygen atoms in total. The van der Waals surface area contributed by atoms with Crippen LogP contribution in [0.5, 0.6) is 0 Å². The number of benzene rings is 1. The molecule has 0 bridgehead atoms. The molecule has 0 aliphatic carbocycles. The molecule has 0 unspecified atom stereocenters. The minimum atomic E-state index is -0.541. The second-order valence-electron chi connectivity index (χ2n) is 6.05. The van der Waals surface area contributed by atoms with Gasteiger partial charge in [0.25, 0.3) is 0 Å². The van der Waals surface area contributed by atoms with Crippen LogP contribution in [0.1, 0.15) is 25.3 Å². The zero-order valence-corrected chi connectivity index (χ0v) is 18.0. The van der Waals surface area contributed by atoms with E-state index in [9.17, 15) is 13.6 Å². The van der Waals surface area contributed by atoms with Gasteiger partial charge in [0.2, 0.25) is 0 Å². The van der Waals surface area contributed by atoms with Crippen molar-refractivity contribution in [1.29, 1.82) is 0 Å². The minimum Gasteiger partial charge on any atom is -0.450 e. The highest BCUT2D eigenvalue weighted by Crippen LogP contribution is 2.13. The number of rotatable bonds is 5. The number of carbonyl (C=O) groups is 1. The van der Waals surface area contributed by atoms with Gasteiger partial charge in [0.05, 0.1) is 6.61 Å². The number of nitrogens with one attached hydrogen (secondary N) is 2. The first kappa shape index (κ1) is 23.4. The van der Waals surface area contributed by atoms with Crippen molar-refractivity contribution in [2.45, 2.75) is 32.2 Å². The topological polar surface area (TPSA) is 66.0 Å². The van der Waals surface area contributed by atoms with Gasteiger partial charge in [0.15, 0.2) is 5.96 Å². The van der Waals surface area contributed by atoms with Crippen LogP contribution in [0, 0.1) is 11.6 Å². The van der Waals surface area contributed by atoms with E-state index in [1.165, 1.54) is 18.2 Å². The summed E-state index contributed by atoms with van der Waals surface area (Å²) < 4.78 is 32.3. The Morgan fingerprint density at radius 3 is 2.48 bits per heavy atom. The third kappa shape index (κ3) is 7.11. The van der Waals surface area contributed by atoms with Crippen molar-refractivity contribution in [3.05, 3.63) is 35.4 Å². The van der Waals surface area contributed by atoms with Gasteiger partial charge < -0.3 is 20.3 Å². The molecule has 1 saturated heterocycles. The summed E-state index contributed by atoms with van der Waals surface area (Å²) in [5, 5.41) is 6.36. The molecule has 9 heteroatoms. The van der Waals surface area contributed by atoms with Gasteiger partial charge in [-0.2, -0.15) is 0 Å². The normalized spacial score (nSPS) is 15.1. The maximum Gasteiger partial charge on any atom is 0.409 e. The van der Waals surface area contributed by atoms with Crippen LogP contribution in [0.25, 0.3) is 0 Å². The summed E-state index contributed by atoms with van der Waals surface area (Å²) in [4.78, 5) is 17.5. The lowest BCUT2D eigenvalue weighted by molar-refractivity contribution is 0.0963.